The molecule has 1 heterocycles. The van der Waals surface area contributed by atoms with Gasteiger partial charge in [-0.05, 0) is 37.0 Å². The fourth-order valence-corrected chi connectivity index (χ4v) is 5.17. The van der Waals surface area contributed by atoms with Crippen LogP contribution in [0.1, 0.15) is 83.0 Å². The smallest absolute Gasteiger partial charge is 0.273 e. The molecule has 7 heteroatoms. The van der Waals surface area contributed by atoms with Crippen molar-refractivity contribution >= 4 is 33.6 Å². The number of sulfonamides is 1. The Bertz CT molecular complexity index is 732. The van der Waals surface area contributed by atoms with Crippen LogP contribution in [-0.2, 0) is 14.8 Å². The Hall–Kier alpha value is -1.34. The molecule has 0 aromatic heterocycles. The Morgan fingerprint density at radius 3 is 2.04 bits per heavy atom. The highest BCUT2D eigenvalue weighted by atomic mass is 32.2. The summed E-state index contributed by atoms with van der Waals surface area (Å²) in [7, 11) is -4.02. The maximum atomic E-state index is 12.4. The molecule has 160 valence electrons. The molecule has 2 rings (SSSR count). The second-order valence-electron chi connectivity index (χ2n) is 6.54. The van der Waals surface area contributed by atoms with Crippen LogP contribution in [0.2, 0.25) is 0 Å². The van der Waals surface area contributed by atoms with Crippen LogP contribution in [0.5, 0.6) is 0 Å². The van der Waals surface area contributed by atoms with Crippen LogP contribution in [0.3, 0.4) is 0 Å². The van der Waals surface area contributed by atoms with Gasteiger partial charge in [-0.2, -0.15) is 16.1 Å². The Balaban J connectivity index is 0.00000364. The number of rotatable bonds is 11. The SMILES string of the molecule is C.C.CSCCCCCCCCCCC(=O)N1C(=O)c2ccccc2S1(=O)=O. The zero-order valence-electron chi connectivity index (χ0n) is 15.3. The molecule has 1 aliphatic heterocycles. The topological polar surface area (TPSA) is 71.5 Å². The lowest BCUT2D eigenvalue weighted by molar-refractivity contribution is -0.124. The Morgan fingerprint density at radius 1 is 0.929 bits per heavy atom. The number of benzene rings is 1. The number of imide groups is 1. The van der Waals surface area contributed by atoms with Gasteiger partial charge in [0.15, 0.2) is 0 Å². The van der Waals surface area contributed by atoms with Crippen LogP contribution in [0, 0.1) is 0 Å². The number of thioether (sulfide) groups is 1. The van der Waals surface area contributed by atoms with E-state index in [4.69, 9.17) is 0 Å². The van der Waals surface area contributed by atoms with Gasteiger partial charge in [-0.1, -0.05) is 65.5 Å². The molecule has 0 bridgehead atoms. The first kappa shape index (κ1) is 26.7. The van der Waals surface area contributed by atoms with E-state index in [0.717, 1.165) is 19.3 Å². The molecule has 0 atom stereocenters. The van der Waals surface area contributed by atoms with Crippen molar-refractivity contribution in [2.24, 2.45) is 0 Å². The van der Waals surface area contributed by atoms with Crippen molar-refractivity contribution in [2.75, 3.05) is 12.0 Å². The zero-order valence-corrected chi connectivity index (χ0v) is 16.9. The zero-order chi connectivity index (χ0) is 19.0. The van der Waals surface area contributed by atoms with Crippen LogP contribution in [0.15, 0.2) is 29.2 Å². The largest absolute Gasteiger partial charge is 0.276 e. The number of unbranched alkanes of at least 4 members (excludes halogenated alkanes) is 7. The summed E-state index contributed by atoms with van der Waals surface area (Å²) in [6.45, 7) is 0. The lowest BCUT2D eigenvalue weighted by atomic mass is 10.1. The summed E-state index contributed by atoms with van der Waals surface area (Å²) in [6.07, 6.45) is 10.9. The van der Waals surface area contributed by atoms with Gasteiger partial charge < -0.3 is 0 Å². The van der Waals surface area contributed by atoms with Crippen LogP contribution < -0.4 is 0 Å². The van der Waals surface area contributed by atoms with Crippen molar-refractivity contribution in [3.63, 3.8) is 0 Å². The molecule has 1 aromatic carbocycles. The number of carbonyl (C=O) groups is 2. The highest BCUT2D eigenvalue weighted by Crippen LogP contribution is 2.30. The van der Waals surface area contributed by atoms with E-state index in [1.807, 2.05) is 11.8 Å². The monoisotopic (exact) mass is 429 g/mol. The molecule has 0 fully saturated rings. The molecule has 0 N–H and O–H groups in total. The Labute approximate surface area is 175 Å². The first-order valence-corrected chi connectivity index (χ1v) is 12.0. The minimum atomic E-state index is -4.02. The lowest BCUT2D eigenvalue weighted by Gasteiger charge is -2.12. The van der Waals surface area contributed by atoms with E-state index in [1.54, 1.807) is 12.1 Å². The second kappa shape index (κ2) is 13.0. The van der Waals surface area contributed by atoms with E-state index in [9.17, 15) is 18.0 Å². The fraction of sp³-hybridized carbons (Fsp3) is 0.619. The van der Waals surface area contributed by atoms with Crippen LogP contribution >= 0.6 is 11.8 Å². The number of fused-ring (bicyclic) bond motifs is 1. The maximum Gasteiger partial charge on any atom is 0.276 e. The van der Waals surface area contributed by atoms with Gasteiger partial charge in [0.05, 0.1) is 5.56 Å². The van der Waals surface area contributed by atoms with Crippen molar-refractivity contribution < 1.29 is 18.0 Å². The molecule has 1 aliphatic rings. The number of nitrogens with zero attached hydrogens (tertiary/aromatic N) is 1. The van der Waals surface area contributed by atoms with Crippen LogP contribution in [0.4, 0.5) is 0 Å². The average Bonchev–Trinajstić information content (AvgIpc) is 2.83. The maximum absolute atomic E-state index is 12.4. The molecule has 0 aliphatic carbocycles. The van der Waals surface area contributed by atoms with Crippen LogP contribution in [0.25, 0.3) is 0 Å². The van der Waals surface area contributed by atoms with Crippen LogP contribution in [-0.4, -0.2) is 36.5 Å². The summed E-state index contributed by atoms with van der Waals surface area (Å²) in [5.41, 5.74) is 0.0855. The van der Waals surface area contributed by atoms with E-state index in [0.29, 0.717) is 10.7 Å². The third kappa shape index (κ3) is 6.62. The molecule has 5 nitrogen and oxygen atoms in total. The minimum Gasteiger partial charge on any atom is -0.273 e. The van der Waals surface area contributed by atoms with E-state index < -0.39 is 21.8 Å². The Morgan fingerprint density at radius 2 is 1.46 bits per heavy atom. The van der Waals surface area contributed by atoms with Gasteiger partial charge in [-0.25, -0.2) is 8.42 Å². The lowest BCUT2D eigenvalue weighted by Crippen LogP contribution is -2.36. The predicted molar refractivity (Wildman–Crippen MR) is 118 cm³/mol. The van der Waals surface area contributed by atoms with Gasteiger partial charge in [0, 0.05) is 6.42 Å². The van der Waals surface area contributed by atoms with Gasteiger partial charge in [0.25, 0.3) is 15.9 Å². The third-order valence-electron chi connectivity index (χ3n) is 4.54. The molecule has 2 amide bonds. The molecule has 0 saturated carbocycles. The fourth-order valence-electron chi connectivity index (χ4n) is 3.12. The highest BCUT2D eigenvalue weighted by Gasteiger charge is 2.44. The second-order valence-corrected chi connectivity index (χ2v) is 9.28. The average molecular weight is 430 g/mol. The van der Waals surface area contributed by atoms with Gasteiger partial charge in [0.1, 0.15) is 4.90 Å². The number of carbonyl (C=O) groups excluding carboxylic acids is 2. The molecular weight excluding hydrogens is 394 g/mol. The third-order valence-corrected chi connectivity index (χ3v) is 6.99. The minimum absolute atomic E-state index is 0. The number of hydrogen-bond acceptors (Lipinski definition) is 5. The summed E-state index contributed by atoms with van der Waals surface area (Å²) in [5.74, 6) is -0.122. The highest BCUT2D eigenvalue weighted by molar-refractivity contribution is 7.98. The predicted octanol–water partition coefficient (Wildman–Crippen LogP) is 5.50. The van der Waals surface area contributed by atoms with E-state index >= 15 is 0 Å². The molecule has 0 unspecified atom stereocenters. The van der Waals surface area contributed by atoms with E-state index in [-0.39, 0.29) is 31.7 Å². The summed E-state index contributed by atoms with van der Waals surface area (Å²) in [6, 6.07) is 5.97. The van der Waals surface area contributed by atoms with Crippen molar-refractivity contribution in [1.82, 2.24) is 4.31 Å². The number of amides is 2. The summed E-state index contributed by atoms with van der Waals surface area (Å²) >= 11 is 1.88. The van der Waals surface area contributed by atoms with Gasteiger partial charge in [-0.15, -0.1) is 0 Å². The van der Waals surface area contributed by atoms with Crippen molar-refractivity contribution in [2.45, 2.75) is 77.5 Å². The first-order valence-electron chi connectivity index (χ1n) is 9.20. The summed E-state index contributed by atoms with van der Waals surface area (Å²) < 4.78 is 25.2. The van der Waals surface area contributed by atoms with Crippen molar-refractivity contribution in [1.29, 1.82) is 0 Å². The Kier molecular flexibility index (Phi) is 12.4. The first-order chi connectivity index (χ1) is 12.5. The van der Waals surface area contributed by atoms with E-state index in [1.165, 1.54) is 43.6 Å². The summed E-state index contributed by atoms with van der Waals surface area (Å²) in [4.78, 5) is 24.5. The van der Waals surface area contributed by atoms with E-state index in [2.05, 4.69) is 6.26 Å². The molecule has 0 spiro atoms. The molecule has 0 radical (unpaired) electrons. The molecular formula is C21H35NO4S2. The quantitative estimate of drug-likeness (QED) is 0.434. The van der Waals surface area contributed by atoms with Gasteiger partial charge in [-0.3, -0.25) is 9.59 Å². The molecule has 28 heavy (non-hydrogen) atoms. The number of hydrogen-bond donors (Lipinski definition) is 0. The van der Waals surface area contributed by atoms with Crippen molar-refractivity contribution in [3.8, 4) is 0 Å². The standard InChI is InChI=1S/C19H27NO4S2.2CH4/c1-25-15-11-7-5-3-2-4-6-8-14-18(21)20-19(22)16-12-9-10-13-17(16)26(20,23)24;;/h9-10,12-13H,2-8,11,14-15H2,1H3;2*1H4. The molecule has 1 aromatic rings. The van der Waals surface area contributed by atoms with Gasteiger partial charge >= 0.3 is 0 Å². The molecule has 0 saturated heterocycles. The van der Waals surface area contributed by atoms with Gasteiger partial charge in [0.2, 0.25) is 5.91 Å². The summed E-state index contributed by atoms with van der Waals surface area (Å²) in [5, 5.41) is 0. The van der Waals surface area contributed by atoms with Crippen molar-refractivity contribution in [3.05, 3.63) is 29.8 Å². The normalized spacial score (nSPS) is 14.2.